The first-order valence-corrected chi connectivity index (χ1v) is 7.86. The summed E-state index contributed by atoms with van der Waals surface area (Å²) in [6.45, 7) is 3.87. The van der Waals surface area contributed by atoms with Gasteiger partial charge in [-0.15, -0.1) is 0 Å². The van der Waals surface area contributed by atoms with Crippen LogP contribution in [0.1, 0.15) is 12.8 Å². The van der Waals surface area contributed by atoms with E-state index in [0.717, 1.165) is 19.6 Å². The maximum atomic E-state index is 12.0. The van der Waals surface area contributed by atoms with Crippen LogP contribution < -0.4 is 4.74 Å². The normalized spacial score (nSPS) is 15.2. The van der Waals surface area contributed by atoms with Gasteiger partial charge in [-0.2, -0.15) is 0 Å². The Morgan fingerprint density at radius 2 is 2.05 bits per heavy atom. The van der Waals surface area contributed by atoms with Crippen LogP contribution in [0.4, 0.5) is 0 Å². The van der Waals surface area contributed by atoms with E-state index >= 15 is 0 Å². The molecule has 1 saturated heterocycles. The molecule has 4 nitrogen and oxygen atoms in total. The first kappa shape index (κ1) is 16.4. The first-order chi connectivity index (χ1) is 10.1. The van der Waals surface area contributed by atoms with Crippen molar-refractivity contribution in [2.45, 2.75) is 12.8 Å². The molecule has 2 rings (SSSR count). The van der Waals surface area contributed by atoms with Crippen molar-refractivity contribution in [3.05, 3.63) is 28.2 Å². The highest BCUT2D eigenvalue weighted by Crippen LogP contribution is 2.27. The van der Waals surface area contributed by atoms with Gasteiger partial charge in [-0.1, -0.05) is 23.2 Å². The number of hydrogen-bond acceptors (Lipinski definition) is 3. The standard InChI is InChI=1S/C15H20Cl2N2O2/c1-18(8-9-19-6-2-3-7-19)15(20)11-21-14-10-12(16)4-5-13(14)17/h4-5,10H,2-3,6-9,11H2,1H3. The zero-order valence-corrected chi connectivity index (χ0v) is 13.7. The minimum absolute atomic E-state index is 0.0312. The summed E-state index contributed by atoms with van der Waals surface area (Å²) < 4.78 is 5.45. The fraction of sp³-hybridized carbons (Fsp3) is 0.533. The molecule has 0 unspecified atom stereocenters. The van der Waals surface area contributed by atoms with Gasteiger partial charge in [-0.3, -0.25) is 4.79 Å². The van der Waals surface area contributed by atoms with Crippen LogP contribution >= 0.6 is 23.2 Å². The molecule has 0 radical (unpaired) electrons. The molecule has 0 bridgehead atoms. The van der Waals surface area contributed by atoms with Crippen LogP contribution in [0.25, 0.3) is 0 Å². The number of benzene rings is 1. The van der Waals surface area contributed by atoms with Gasteiger partial charge in [0.1, 0.15) is 5.75 Å². The average molecular weight is 331 g/mol. The van der Waals surface area contributed by atoms with E-state index in [9.17, 15) is 4.79 Å². The molecule has 0 aromatic heterocycles. The first-order valence-electron chi connectivity index (χ1n) is 7.10. The molecule has 1 fully saturated rings. The summed E-state index contributed by atoms with van der Waals surface area (Å²) in [5.74, 6) is 0.371. The van der Waals surface area contributed by atoms with Crippen LogP contribution in [0.2, 0.25) is 10.0 Å². The van der Waals surface area contributed by atoms with Crippen molar-refractivity contribution in [3.63, 3.8) is 0 Å². The minimum Gasteiger partial charge on any atom is -0.482 e. The highest BCUT2D eigenvalue weighted by atomic mass is 35.5. The van der Waals surface area contributed by atoms with E-state index in [1.807, 2.05) is 0 Å². The molecule has 1 aromatic rings. The highest BCUT2D eigenvalue weighted by molar-refractivity contribution is 6.34. The van der Waals surface area contributed by atoms with Gasteiger partial charge in [0.2, 0.25) is 0 Å². The fourth-order valence-corrected chi connectivity index (χ4v) is 2.59. The Morgan fingerprint density at radius 1 is 1.33 bits per heavy atom. The number of halogens is 2. The maximum Gasteiger partial charge on any atom is 0.260 e. The molecule has 1 aliphatic rings. The number of likely N-dealkylation sites (tertiary alicyclic amines) is 1. The third kappa shape index (κ3) is 5.06. The van der Waals surface area contributed by atoms with Crippen molar-refractivity contribution in [1.29, 1.82) is 0 Å². The summed E-state index contributed by atoms with van der Waals surface area (Å²) in [6.07, 6.45) is 2.52. The number of hydrogen-bond donors (Lipinski definition) is 0. The third-order valence-corrected chi connectivity index (χ3v) is 4.17. The van der Waals surface area contributed by atoms with Crippen molar-refractivity contribution in [1.82, 2.24) is 9.80 Å². The SMILES string of the molecule is CN(CCN1CCCC1)C(=O)COc1cc(Cl)ccc1Cl. The second kappa shape index (κ2) is 7.87. The lowest BCUT2D eigenvalue weighted by molar-refractivity contribution is -0.132. The van der Waals surface area contributed by atoms with Gasteiger partial charge >= 0.3 is 0 Å². The van der Waals surface area contributed by atoms with Crippen molar-refractivity contribution in [2.75, 3.05) is 39.8 Å². The number of carbonyl (C=O) groups excluding carboxylic acids is 1. The van der Waals surface area contributed by atoms with Crippen LogP contribution in [0.5, 0.6) is 5.75 Å². The molecule has 1 aromatic carbocycles. The number of nitrogens with zero attached hydrogens (tertiary/aromatic N) is 2. The monoisotopic (exact) mass is 330 g/mol. The summed E-state index contributed by atoms with van der Waals surface area (Å²) in [4.78, 5) is 16.1. The topological polar surface area (TPSA) is 32.8 Å². The predicted octanol–water partition coefficient (Wildman–Crippen LogP) is 2.93. The van der Waals surface area contributed by atoms with Crippen molar-refractivity contribution >= 4 is 29.1 Å². The molecular weight excluding hydrogens is 311 g/mol. The Labute approximate surface area is 135 Å². The molecule has 0 spiro atoms. The maximum absolute atomic E-state index is 12.0. The van der Waals surface area contributed by atoms with Crippen LogP contribution in [0.15, 0.2) is 18.2 Å². The van der Waals surface area contributed by atoms with Crippen molar-refractivity contribution in [2.24, 2.45) is 0 Å². The van der Waals surface area contributed by atoms with Gasteiger partial charge in [0.05, 0.1) is 5.02 Å². The number of likely N-dealkylation sites (N-methyl/N-ethyl adjacent to an activating group) is 1. The van der Waals surface area contributed by atoms with E-state index in [2.05, 4.69) is 4.90 Å². The molecule has 0 N–H and O–H groups in total. The Balaban J connectivity index is 1.76. The van der Waals surface area contributed by atoms with Crippen LogP contribution in [-0.2, 0) is 4.79 Å². The summed E-state index contributed by atoms with van der Waals surface area (Å²) >= 11 is 11.9. The van der Waals surface area contributed by atoms with Gasteiger partial charge in [-0.25, -0.2) is 0 Å². The van der Waals surface area contributed by atoms with Gasteiger partial charge in [0.25, 0.3) is 5.91 Å². The Morgan fingerprint density at radius 3 is 2.76 bits per heavy atom. The highest BCUT2D eigenvalue weighted by Gasteiger charge is 2.15. The number of rotatable bonds is 6. The van der Waals surface area contributed by atoms with Crippen LogP contribution in [0, 0.1) is 0 Å². The molecule has 0 atom stereocenters. The molecular formula is C15H20Cl2N2O2. The van der Waals surface area contributed by atoms with E-state index in [0.29, 0.717) is 22.3 Å². The second-order valence-corrected chi connectivity index (χ2v) is 6.07. The summed E-state index contributed by atoms with van der Waals surface area (Å²) in [5, 5.41) is 0.983. The molecule has 6 heteroatoms. The lowest BCUT2D eigenvalue weighted by atomic mass is 10.3. The lowest BCUT2D eigenvalue weighted by Gasteiger charge is -2.21. The molecule has 1 heterocycles. The molecule has 21 heavy (non-hydrogen) atoms. The minimum atomic E-state index is -0.0646. The summed E-state index contributed by atoms with van der Waals surface area (Å²) in [7, 11) is 1.79. The lowest BCUT2D eigenvalue weighted by Crippen LogP contribution is -2.37. The van der Waals surface area contributed by atoms with Gasteiger partial charge in [0, 0.05) is 31.2 Å². The molecule has 1 amide bonds. The predicted molar refractivity (Wildman–Crippen MR) is 85.3 cm³/mol. The van der Waals surface area contributed by atoms with Crippen molar-refractivity contribution in [3.8, 4) is 5.75 Å². The van der Waals surface area contributed by atoms with E-state index in [1.54, 1.807) is 30.1 Å². The Kier molecular flexibility index (Phi) is 6.15. The molecule has 0 aliphatic carbocycles. The third-order valence-electron chi connectivity index (χ3n) is 3.62. The number of ether oxygens (including phenoxy) is 1. The quantitative estimate of drug-likeness (QED) is 0.803. The second-order valence-electron chi connectivity index (χ2n) is 5.23. The number of carbonyl (C=O) groups is 1. The molecule has 0 saturated carbocycles. The Bertz CT molecular complexity index is 491. The van der Waals surface area contributed by atoms with E-state index < -0.39 is 0 Å². The van der Waals surface area contributed by atoms with Crippen molar-refractivity contribution < 1.29 is 9.53 Å². The number of amides is 1. The van der Waals surface area contributed by atoms with E-state index in [4.69, 9.17) is 27.9 Å². The molecule has 1 aliphatic heterocycles. The molecule has 116 valence electrons. The smallest absolute Gasteiger partial charge is 0.260 e. The van der Waals surface area contributed by atoms with Gasteiger partial charge in [-0.05, 0) is 38.1 Å². The summed E-state index contributed by atoms with van der Waals surface area (Å²) in [5.41, 5.74) is 0. The van der Waals surface area contributed by atoms with Gasteiger partial charge in [0.15, 0.2) is 6.61 Å². The average Bonchev–Trinajstić information content (AvgIpc) is 2.98. The van der Waals surface area contributed by atoms with Crippen LogP contribution in [-0.4, -0.2) is 55.5 Å². The fourth-order valence-electron chi connectivity index (χ4n) is 2.26. The zero-order valence-electron chi connectivity index (χ0n) is 12.1. The Hall–Kier alpha value is -0.970. The largest absolute Gasteiger partial charge is 0.482 e. The van der Waals surface area contributed by atoms with Crippen LogP contribution in [0.3, 0.4) is 0 Å². The van der Waals surface area contributed by atoms with Gasteiger partial charge < -0.3 is 14.5 Å². The van der Waals surface area contributed by atoms with E-state index in [1.165, 1.54) is 12.8 Å². The van der Waals surface area contributed by atoms with E-state index in [-0.39, 0.29) is 12.5 Å². The zero-order chi connectivity index (χ0) is 15.2. The summed E-state index contributed by atoms with van der Waals surface area (Å²) in [6, 6.07) is 4.95.